The minimum atomic E-state index is -0.176. The molecule has 6 nitrogen and oxygen atoms in total. The molecule has 2 aromatic carbocycles. The summed E-state index contributed by atoms with van der Waals surface area (Å²) >= 11 is 0. The van der Waals surface area contributed by atoms with Crippen molar-refractivity contribution in [3.63, 3.8) is 0 Å². The molecule has 6 heteroatoms. The molecule has 0 aliphatic heterocycles. The first-order valence-electron chi connectivity index (χ1n) is 10.1. The second kappa shape index (κ2) is 10.9. The molecular formula is C24H27N3O3. The fourth-order valence-electron chi connectivity index (χ4n) is 2.83. The normalized spacial score (nSPS) is 10.9. The molecule has 1 aromatic heterocycles. The molecule has 0 radical (unpaired) electrons. The van der Waals surface area contributed by atoms with E-state index in [0.717, 1.165) is 35.4 Å². The Morgan fingerprint density at radius 3 is 2.77 bits per heavy atom. The Bertz CT molecular complexity index is 980. The zero-order valence-corrected chi connectivity index (χ0v) is 17.4. The van der Waals surface area contributed by atoms with Crippen molar-refractivity contribution in [3.8, 4) is 17.2 Å². The Morgan fingerprint density at radius 1 is 1.17 bits per heavy atom. The van der Waals surface area contributed by atoms with Crippen LogP contribution in [0.25, 0.3) is 11.8 Å². The number of amides is 1. The van der Waals surface area contributed by atoms with E-state index in [1.54, 1.807) is 24.1 Å². The first-order valence-corrected chi connectivity index (χ1v) is 10.1. The van der Waals surface area contributed by atoms with Gasteiger partial charge in [-0.3, -0.25) is 4.79 Å². The van der Waals surface area contributed by atoms with Crippen LogP contribution in [0.1, 0.15) is 30.9 Å². The summed E-state index contributed by atoms with van der Waals surface area (Å²) in [4.78, 5) is 12.2. The Kier molecular flexibility index (Phi) is 7.66. The van der Waals surface area contributed by atoms with Gasteiger partial charge in [0.2, 0.25) is 5.91 Å². The van der Waals surface area contributed by atoms with Gasteiger partial charge < -0.3 is 14.8 Å². The number of para-hydroxylation sites is 1. The monoisotopic (exact) mass is 405 g/mol. The van der Waals surface area contributed by atoms with Gasteiger partial charge in [-0.15, -0.1) is 0 Å². The van der Waals surface area contributed by atoms with Crippen molar-refractivity contribution in [1.82, 2.24) is 15.1 Å². The molecule has 0 saturated heterocycles. The standard InChI is InChI=1S/C24H27N3O3/c1-3-4-14-30-22-12-10-19(15-23(22)29-2)16-25-24(28)13-11-20-17-26-27(18-20)21-8-6-5-7-9-21/h5-13,15,17-18H,3-4,14,16H2,1-2H3,(H,25,28)/b13-11+. The number of nitrogens with one attached hydrogen (secondary N) is 1. The van der Waals surface area contributed by atoms with Gasteiger partial charge >= 0.3 is 0 Å². The van der Waals surface area contributed by atoms with Crippen molar-refractivity contribution in [3.05, 3.63) is 78.1 Å². The van der Waals surface area contributed by atoms with Crippen LogP contribution in [0, 0.1) is 0 Å². The van der Waals surface area contributed by atoms with Crippen LogP contribution in [-0.2, 0) is 11.3 Å². The SMILES string of the molecule is CCCCOc1ccc(CNC(=O)/C=C/c2cnn(-c3ccccc3)c2)cc1OC. The van der Waals surface area contributed by atoms with E-state index in [1.807, 2.05) is 54.7 Å². The Labute approximate surface area is 177 Å². The maximum atomic E-state index is 12.2. The lowest BCUT2D eigenvalue weighted by Gasteiger charge is -2.12. The van der Waals surface area contributed by atoms with Crippen LogP contribution in [0.4, 0.5) is 0 Å². The van der Waals surface area contributed by atoms with Crippen LogP contribution in [0.15, 0.2) is 67.0 Å². The van der Waals surface area contributed by atoms with Crippen LogP contribution in [0.2, 0.25) is 0 Å². The number of methoxy groups -OCH3 is 1. The van der Waals surface area contributed by atoms with E-state index in [-0.39, 0.29) is 5.91 Å². The van der Waals surface area contributed by atoms with E-state index in [0.29, 0.717) is 18.9 Å². The molecule has 0 fully saturated rings. The minimum absolute atomic E-state index is 0.176. The Balaban J connectivity index is 1.53. The molecule has 0 atom stereocenters. The zero-order chi connectivity index (χ0) is 21.2. The molecule has 0 aliphatic carbocycles. The van der Waals surface area contributed by atoms with Crippen molar-refractivity contribution in [2.75, 3.05) is 13.7 Å². The predicted molar refractivity (Wildman–Crippen MR) is 118 cm³/mol. The molecule has 3 rings (SSSR count). The van der Waals surface area contributed by atoms with Gasteiger partial charge in [0, 0.05) is 24.4 Å². The molecule has 0 aliphatic rings. The van der Waals surface area contributed by atoms with Crippen molar-refractivity contribution in [2.24, 2.45) is 0 Å². The molecule has 0 saturated carbocycles. The number of nitrogens with zero attached hydrogens (tertiary/aromatic N) is 2. The first kappa shape index (κ1) is 21.2. The number of carbonyl (C=O) groups is 1. The summed E-state index contributed by atoms with van der Waals surface area (Å²) in [5.74, 6) is 1.21. The maximum Gasteiger partial charge on any atom is 0.244 e. The van der Waals surface area contributed by atoms with Crippen LogP contribution < -0.4 is 14.8 Å². The first-order chi connectivity index (χ1) is 14.7. The van der Waals surface area contributed by atoms with Crippen LogP contribution in [0.5, 0.6) is 11.5 Å². The van der Waals surface area contributed by atoms with Crippen molar-refractivity contribution in [1.29, 1.82) is 0 Å². The lowest BCUT2D eigenvalue weighted by molar-refractivity contribution is -0.116. The highest BCUT2D eigenvalue weighted by Gasteiger charge is 2.07. The van der Waals surface area contributed by atoms with Gasteiger partial charge in [0.25, 0.3) is 0 Å². The van der Waals surface area contributed by atoms with Gasteiger partial charge in [0.1, 0.15) is 0 Å². The summed E-state index contributed by atoms with van der Waals surface area (Å²) in [6, 6.07) is 15.5. The van der Waals surface area contributed by atoms with Crippen LogP contribution in [-0.4, -0.2) is 29.4 Å². The molecule has 0 spiro atoms. The Hall–Kier alpha value is -3.54. The summed E-state index contributed by atoms with van der Waals surface area (Å²) in [6.45, 7) is 3.18. The van der Waals surface area contributed by atoms with E-state index in [1.165, 1.54) is 6.08 Å². The lowest BCUT2D eigenvalue weighted by Crippen LogP contribution is -2.20. The number of carbonyl (C=O) groups excluding carboxylic acids is 1. The summed E-state index contributed by atoms with van der Waals surface area (Å²) < 4.78 is 12.9. The second-order valence-electron chi connectivity index (χ2n) is 6.79. The molecule has 1 N–H and O–H groups in total. The minimum Gasteiger partial charge on any atom is -0.493 e. The summed E-state index contributed by atoms with van der Waals surface area (Å²) in [5.41, 5.74) is 2.76. The number of hydrogen-bond acceptors (Lipinski definition) is 4. The van der Waals surface area contributed by atoms with Crippen molar-refractivity contribution >= 4 is 12.0 Å². The highest BCUT2D eigenvalue weighted by molar-refractivity contribution is 5.91. The summed E-state index contributed by atoms with van der Waals surface area (Å²) in [5, 5.41) is 7.20. The number of unbranched alkanes of at least 4 members (excludes halogenated alkanes) is 1. The predicted octanol–water partition coefficient (Wildman–Crippen LogP) is 4.39. The third-order valence-corrected chi connectivity index (χ3v) is 4.50. The van der Waals surface area contributed by atoms with E-state index in [9.17, 15) is 4.79 Å². The molecule has 156 valence electrons. The van der Waals surface area contributed by atoms with Crippen molar-refractivity contribution < 1.29 is 14.3 Å². The third kappa shape index (κ3) is 5.98. The van der Waals surface area contributed by atoms with E-state index >= 15 is 0 Å². The zero-order valence-electron chi connectivity index (χ0n) is 17.4. The van der Waals surface area contributed by atoms with Crippen LogP contribution in [0.3, 0.4) is 0 Å². The largest absolute Gasteiger partial charge is 0.493 e. The van der Waals surface area contributed by atoms with E-state index < -0.39 is 0 Å². The average Bonchev–Trinajstić information content (AvgIpc) is 3.26. The number of ether oxygens (including phenoxy) is 2. The van der Waals surface area contributed by atoms with Crippen molar-refractivity contribution in [2.45, 2.75) is 26.3 Å². The van der Waals surface area contributed by atoms with E-state index in [2.05, 4.69) is 17.3 Å². The average molecular weight is 405 g/mol. The van der Waals surface area contributed by atoms with Crippen LogP contribution >= 0.6 is 0 Å². The number of benzene rings is 2. The fourth-order valence-corrected chi connectivity index (χ4v) is 2.83. The molecule has 1 heterocycles. The lowest BCUT2D eigenvalue weighted by atomic mass is 10.2. The molecular weight excluding hydrogens is 378 g/mol. The molecule has 1 amide bonds. The third-order valence-electron chi connectivity index (χ3n) is 4.50. The number of aromatic nitrogens is 2. The Morgan fingerprint density at radius 2 is 2.00 bits per heavy atom. The number of rotatable bonds is 10. The van der Waals surface area contributed by atoms with Gasteiger partial charge in [0.15, 0.2) is 11.5 Å². The molecule has 30 heavy (non-hydrogen) atoms. The molecule has 0 unspecified atom stereocenters. The van der Waals surface area contributed by atoms with Gasteiger partial charge in [-0.25, -0.2) is 4.68 Å². The van der Waals surface area contributed by atoms with Gasteiger partial charge in [-0.05, 0) is 42.3 Å². The highest BCUT2D eigenvalue weighted by Crippen LogP contribution is 2.28. The molecule has 3 aromatic rings. The van der Waals surface area contributed by atoms with Gasteiger partial charge in [0.05, 0.1) is 25.6 Å². The quantitative estimate of drug-likeness (QED) is 0.401. The van der Waals surface area contributed by atoms with Gasteiger partial charge in [-0.2, -0.15) is 5.10 Å². The fraction of sp³-hybridized carbons (Fsp3) is 0.250. The second-order valence-corrected chi connectivity index (χ2v) is 6.79. The number of hydrogen-bond donors (Lipinski definition) is 1. The van der Waals surface area contributed by atoms with Gasteiger partial charge in [-0.1, -0.05) is 37.6 Å². The summed E-state index contributed by atoms with van der Waals surface area (Å²) in [6.07, 6.45) is 8.92. The smallest absolute Gasteiger partial charge is 0.244 e. The summed E-state index contributed by atoms with van der Waals surface area (Å²) in [7, 11) is 1.61. The van der Waals surface area contributed by atoms with E-state index in [4.69, 9.17) is 9.47 Å². The topological polar surface area (TPSA) is 65.4 Å². The highest BCUT2D eigenvalue weighted by atomic mass is 16.5. The maximum absolute atomic E-state index is 12.2. The molecule has 0 bridgehead atoms.